The molecular formula is C15H25N3O. The number of pyridine rings is 1. The van der Waals surface area contributed by atoms with Crippen LogP contribution in [-0.2, 0) is 6.54 Å². The third-order valence-electron chi connectivity index (χ3n) is 3.56. The maximum absolute atomic E-state index is 5.19. The van der Waals surface area contributed by atoms with E-state index in [1.165, 1.54) is 25.8 Å². The lowest BCUT2D eigenvalue weighted by atomic mass is 10.2. The summed E-state index contributed by atoms with van der Waals surface area (Å²) in [5, 5.41) is 3.57. The molecule has 106 valence electrons. The first-order valence-electron chi connectivity index (χ1n) is 7.27. The Balaban J connectivity index is 1.94. The monoisotopic (exact) mass is 263 g/mol. The average molecular weight is 263 g/mol. The second kappa shape index (κ2) is 7.46. The number of ether oxygens (including phenoxy) is 1. The van der Waals surface area contributed by atoms with Crippen LogP contribution in [0.3, 0.4) is 0 Å². The molecule has 1 aliphatic heterocycles. The SMILES string of the molecule is CCCN(Cc1cccc(OC)n1)CC1CCCN1. The van der Waals surface area contributed by atoms with Gasteiger partial charge in [0.2, 0.25) is 5.88 Å². The van der Waals surface area contributed by atoms with E-state index >= 15 is 0 Å². The van der Waals surface area contributed by atoms with E-state index in [2.05, 4.69) is 28.2 Å². The molecule has 1 aromatic rings. The van der Waals surface area contributed by atoms with Crippen molar-refractivity contribution in [2.45, 2.75) is 38.8 Å². The molecule has 1 saturated heterocycles. The fourth-order valence-electron chi connectivity index (χ4n) is 2.66. The van der Waals surface area contributed by atoms with Gasteiger partial charge in [0.05, 0.1) is 12.8 Å². The van der Waals surface area contributed by atoms with Crippen molar-refractivity contribution in [1.29, 1.82) is 0 Å². The standard InChI is InChI=1S/C15H25N3O/c1-3-10-18(11-13-7-5-9-16-13)12-14-6-4-8-15(17-14)19-2/h4,6,8,13,16H,3,5,7,9-12H2,1-2H3. The third kappa shape index (κ3) is 4.48. The average Bonchev–Trinajstić information content (AvgIpc) is 2.92. The third-order valence-corrected chi connectivity index (χ3v) is 3.56. The highest BCUT2D eigenvalue weighted by Gasteiger charge is 2.17. The van der Waals surface area contributed by atoms with E-state index in [9.17, 15) is 0 Å². The molecule has 0 bridgehead atoms. The van der Waals surface area contributed by atoms with Crippen molar-refractivity contribution >= 4 is 0 Å². The Kier molecular flexibility index (Phi) is 5.61. The van der Waals surface area contributed by atoms with Crippen LogP contribution in [0.25, 0.3) is 0 Å². The Bertz CT molecular complexity index is 377. The van der Waals surface area contributed by atoms with Gasteiger partial charge in [-0.1, -0.05) is 13.0 Å². The zero-order valence-electron chi connectivity index (χ0n) is 12.1. The smallest absolute Gasteiger partial charge is 0.213 e. The molecule has 0 amide bonds. The minimum Gasteiger partial charge on any atom is -0.481 e. The minimum absolute atomic E-state index is 0.650. The normalized spacial score (nSPS) is 19.0. The summed E-state index contributed by atoms with van der Waals surface area (Å²) in [6.07, 6.45) is 3.78. The maximum atomic E-state index is 5.19. The summed E-state index contributed by atoms with van der Waals surface area (Å²) in [6, 6.07) is 6.63. The lowest BCUT2D eigenvalue weighted by molar-refractivity contribution is 0.238. The van der Waals surface area contributed by atoms with Crippen molar-refractivity contribution in [3.05, 3.63) is 23.9 Å². The Morgan fingerprint density at radius 1 is 1.47 bits per heavy atom. The Hall–Kier alpha value is -1.13. The number of nitrogens with zero attached hydrogens (tertiary/aromatic N) is 2. The van der Waals surface area contributed by atoms with E-state index in [1.807, 2.05) is 12.1 Å². The summed E-state index contributed by atoms with van der Waals surface area (Å²) < 4.78 is 5.19. The highest BCUT2D eigenvalue weighted by atomic mass is 16.5. The number of rotatable bonds is 7. The van der Waals surface area contributed by atoms with Crippen LogP contribution in [0.15, 0.2) is 18.2 Å². The quantitative estimate of drug-likeness (QED) is 0.817. The van der Waals surface area contributed by atoms with Crippen LogP contribution >= 0.6 is 0 Å². The van der Waals surface area contributed by atoms with Gasteiger partial charge in [0, 0.05) is 25.2 Å². The molecule has 2 heterocycles. The van der Waals surface area contributed by atoms with Crippen molar-refractivity contribution in [1.82, 2.24) is 15.2 Å². The zero-order chi connectivity index (χ0) is 13.5. The summed E-state index contributed by atoms with van der Waals surface area (Å²) in [5.74, 6) is 0.702. The highest BCUT2D eigenvalue weighted by Crippen LogP contribution is 2.12. The minimum atomic E-state index is 0.650. The summed E-state index contributed by atoms with van der Waals surface area (Å²) >= 11 is 0. The lowest BCUT2D eigenvalue weighted by Crippen LogP contribution is -2.37. The largest absolute Gasteiger partial charge is 0.481 e. The van der Waals surface area contributed by atoms with Crippen LogP contribution in [0.4, 0.5) is 0 Å². The van der Waals surface area contributed by atoms with Crippen LogP contribution in [-0.4, -0.2) is 42.7 Å². The van der Waals surface area contributed by atoms with Gasteiger partial charge < -0.3 is 10.1 Å². The zero-order valence-corrected chi connectivity index (χ0v) is 12.1. The summed E-state index contributed by atoms with van der Waals surface area (Å²) in [4.78, 5) is 6.99. The number of hydrogen-bond donors (Lipinski definition) is 1. The maximum Gasteiger partial charge on any atom is 0.213 e. The van der Waals surface area contributed by atoms with Crippen LogP contribution in [0.1, 0.15) is 31.9 Å². The van der Waals surface area contributed by atoms with Gasteiger partial charge in [-0.2, -0.15) is 0 Å². The van der Waals surface area contributed by atoms with E-state index < -0.39 is 0 Å². The molecule has 0 saturated carbocycles. The van der Waals surface area contributed by atoms with Crippen LogP contribution in [0, 0.1) is 0 Å². The van der Waals surface area contributed by atoms with Gasteiger partial charge in [0.1, 0.15) is 0 Å². The van der Waals surface area contributed by atoms with Gasteiger partial charge in [-0.3, -0.25) is 4.90 Å². The predicted molar refractivity (Wildman–Crippen MR) is 77.4 cm³/mol. The summed E-state index contributed by atoms with van der Waals surface area (Å²) in [6.45, 7) is 6.54. The number of methoxy groups -OCH3 is 1. The number of aromatic nitrogens is 1. The lowest BCUT2D eigenvalue weighted by Gasteiger charge is -2.25. The molecule has 1 fully saturated rings. The van der Waals surface area contributed by atoms with E-state index in [1.54, 1.807) is 7.11 Å². The molecule has 0 aliphatic carbocycles. The van der Waals surface area contributed by atoms with Gasteiger partial charge in [-0.15, -0.1) is 0 Å². The first-order chi connectivity index (χ1) is 9.31. The van der Waals surface area contributed by atoms with Gasteiger partial charge in [-0.05, 0) is 38.4 Å². The molecule has 1 atom stereocenters. The Labute approximate surface area is 116 Å². The second-order valence-electron chi connectivity index (χ2n) is 5.20. The molecule has 0 spiro atoms. The Morgan fingerprint density at radius 3 is 3.05 bits per heavy atom. The van der Waals surface area contributed by atoms with E-state index in [4.69, 9.17) is 4.74 Å². The topological polar surface area (TPSA) is 37.4 Å². The molecule has 19 heavy (non-hydrogen) atoms. The van der Waals surface area contributed by atoms with Gasteiger partial charge in [-0.25, -0.2) is 4.98 Å². The van der Waals surface area contributed by atoms with Crippen LogP contribution in [0.5, 0.6) is 5.88 Å². The molecule has 1 N–H and O–H groups in total. The molecule has 1 aliphatic rings. The van der Waals surface area contributed by atoms with Crippen LogP contribution in [0.2, 0.25) is 0 Å². The molecule has 0 radical (unpaired) electrons. The van der Waals surface area contributed by atoms with E-state index in [0.29, 0.717) is 11.9 Å². The van der Waals surface area contributed by atoms with Gasteiger partial charge >= 0.3 is 0 Å². The van der Waals surface area contributed by atoms with Crippen molar-refractivity contribution in [2.24, 2.45) is 0 Å². The number of nitrogens with one attached hydrogen (secondary N) is 1. The van der Waals surface area contributed by atoms with Crippen molar-refractivity contribution in [3.8, 4) is 5.88 Å². The van der Waals surface area contributed by atoms with Crippen molar-refractivity contribution in [2.75, 3.05) is 26.7 Å². The molecular weight excluding hydrogens is 238 g/mol. The highest BCUT2D eigenvalue weighted by molar-refractivity contribution is 5.15. The molecule has 1 aromatic heterocycles. The fourth-order valence-corrected chi connectivity index (χ4v) is 2.66. The first kappa shape index (κ1) is 14.3. The van der Waals surface area contributed by atoms with Gasteiger partial charge in [0.25, 0.3) is 0 Å². The van der Waals surface area contributed by atoms with Gasteiger partial charge in [0.15, 0.2) is 0 Å². The molecule has 0 aromatic carbocycles. The summed E-state index contributed by atoms with van der Waals surface area (Å²) in [5.41, 5.74) is 1.09. The molecule has 4 heteroatoms. The second-order valence-corrected chi connectivity index (χ2v) is 5.20. The fraction of sp³-hybridized carbons (Fsp3) is 0.667. The molecule has 4 nitrogen and oxygen atoms in total. The van der Waals surface area contributed by atoms with Crippen molar-refractivity contribution in [3.63, 3.8) is 0 Å². The first-order valence-corrected chi connectivity index (χ1v) is 7.27. The summed E-state index contributed by atoms with van der Waals surface area (Å²) in [7, 11) is 1.67. The van der Waals surface area contributed by atoms with Crippen LogP contribution < -0.4 is 10.1 Å². The molecule has 2 rings (SSSR count). The predicted octanol–water partition coefficient (Wildman–Crippen LogP) is 2.05. The van der Waals surface area contributed by atoms with E-state index in [0.717, 1.165) is 25.3 Å². The Morgan fingerprint density at radius 2 is 2.37 bits per heavy atom. The van der Waals surface area contributed by atoms with E-state index in [-0.39, 0.29) is 0 Å². The number of hydrogen-bond acceptors (Lipinski definition) is 4. The van der Waals surface area contributed by atoms with Crippen molar-refractivity contribution < 1.29 is 4.74 Å². The molecule has 1 unspecified atom stereocenters.